The van der Waals surface area contributed by atoms with Crippen molar-refractivity contribution >= 4 is 57.3 Å². The monoisotopic (exact) mass is 636 g/mol. The van der Waals surface area contributed by atoms with Gasteiger partial charge in [-0.25, -0.2) is 9.37 Å². The largest absolute Gasteiger partial charge is 0.469 e. The van der Waals surface area contributed by atoms with Crippen molar-refractivity contribution in [2.24, 2.45) is 13.0 Å². The van der Waals surface area contributed by atoms with E-state index in [0.717, 1.165) is 52.9 Å². The van der Waals surface area contributed by atoms with Gasteiger partial charge in [0, 0.05) is 41.3 Å². The van der Waals surface area contributed by atoms with Crippen LogP contribution in [0.1, 0.15) is 70.4 Å². The van der Waals surface area contributed by atoms with E-state index < -0.39 is 11.7 Å². The summed E-state index contributed by atoms with van der Waals surface area (Å²) >= 11 is 8.07. The maximum Gasteiger partial charge on any atom is 0.305 e. The van der Waals surface area contributed by atoms with Crippen molar-refractivity contribution in [2.75, 3.05) is 12.4 Å². The number of thiazole rings is 1. The van der Waals surface area contributed by atoms with Crippen molar-refractivity contribution in [3.63, 3.8) is 0 Å². The third-order valence-electron chi connectivity index (χ3n) is 8.90. The summed E-state index contributed by atoms with van der Waals surface area (Å²) in [7, 11) is 3.23. The van der Waals surface area contributed by atoms with Crippen LogP contribution in [-0.2, 0) is 34.2 Å². The minimum Gasteiger partial charge on any atom is -0.469 e. The van der Waals surface area contributed by atoms with Crippen LogP contribution in [0.2, 0.25) is 5.02 Å². The number of amides is 2. The molecule has 2 aliphatic rings. The molecular formula is C33H34ClFN4O4S. The molecule has 3 heterocycles. The van der Waals surface area contributed by atoms with Crippen molar-refractivity contribution in [3.05, 3.63) is 80.6 Å². The van der Waals surface area contributed by atoms with E-state index in [4.69, 9.17) is 16.3 Å². The van der Waals surface area contributed by atoms with Crippen molar-refractivity contribution in [1.82, 2.24) is 14.5 Å². The number of hydrogen-bond donors (Lipinski definition) is 1. The lowest BCUT2D eigenvalue weighted by Gasteiger charge is -2.33. The highest BCUT2D eigenvalue weighted by Crippen LogP contribution is 2.47. The van der Waals surface area contributed by atoms with Gasteiger partial charge in [0.15, 0.2) is 0 Å². The number of likely N-dealkylation sites (tertiary alicyclic amines) is 1. The van der Waals surface area contributed by atoms with Crippen LogP contribution in [0.15, 0.2) is 48.8 Å². The van der Waals surface area contributed by atoms with Gasteiger partial charge in [-0.15, -0.1) is 11.3 Å². The van der Waals surface area contributed by atoms with Crippen molar-refractivity contribution in [3.8, 4) is 0 Å². The van der Waals surface area contributed by atoms with Crippen LogP contribution in [0.5, 0.6) is 0 Å². The number of para-hydroxylation sites is 1. The summed E-state index contributed by atoms with van der Waals surface area (Å²) in [4.78, 5) is 46.2. The van der Waals surface area contributed by atoms with Gasteiger partial charge in [-0.2, -0.15) is 0 Å². The second kappa shape index (κ2) is 12.7. The molecule has 2 aromatic carbocycles. The molecule has 1 aliphatic heterocycles. The molecule has 44 heavy (non-hydrogen) atoms. The number of esters is 1. The summed E-state index contributed by atoms with van der Waals surface area (Å²) in [5, 5.41) is 4.53. The normalized spacial score (nSPS) is 19.6. The number of carbonyl (C=O) groups excluding carboxylic acids is 3. The fourth-order valence-corrected chi connectivity index (χ4v) is 8.01. The number of aromatic nitrogens is 2. The highest BCUT2D eigenvalue weighted by Gasteiger charge is 2.46. The Bertz CT molecular complexity index is 1740. The maximum atomic E-state index is 15.5. The zero-order valence-electron chi connectivity index (χ0n) is 24.6. The average Bonchev–Trinajstić information content (AvgIpc) is 3.74. The molecule has 1 saturated carbocycles. The Morgan fingerprint density at radius 2 is 1.98 bits per heavy atom. The molecule has 2 unspecified atom stereocenters. The fourth-order valence-electron chi connectivity index (χ4n) is 6.74. The highest BCUT2D eigenvalue weighted by molar-refractivity contribution is 7.11. The van der Waals surface area contributed by atoms with Crippen LogP contribution in [0.3, 0.4) is 0 Å². The topological polar surface area (TPSA) is 93.5 Å². The first-order valence-electron chi connectivity index (χ1n) is 14.9. The molecule has 8 nitrogen and oxygen atoms in total. The number of ether oxygens (including phenoxy) is 1. The minimum atomic E-state index is -0.605. The van der Waals surface area contributed by atoms with E-state index in [-0.39, 0.29) is 53.1 Å². The van der Waals surface area contributed by atoms with Crippen molar-refractivity contribution in [1.29, 1.82) is 0 Å². The molecule has 1 aliphatic carbocycles. The standard InChI is InChI=1S/C33H34ClFN4O4S/c1-38-18-23(22-8-4-6-10-28(22)38)32(42)37-26-16-25(35)20(13-24(26)34)15-30(40)39-27-9-5-3-7-19(27)14-29(39)33-36-17-21(44-33)11-12-31(41)43-2/h4,6,8,10,13,16-19,27,29H,3,5,7,9,11-12,14-15H2,1-2H3,(H,37,42)/t19?,27?,29-/m0/s1. The Hall–Kier alpha value is -3.76. The molecule has 0 bridgehead atoms. The van der Waals surface area contributed by atoms with Gasteiger partial charge in [-0.1, -0.05) is 42.6 Å². The SMILES string of the molecule is COC(=O)CCc1cnc([C@@H]2CC3CCCCC3N2C(=O)Cc2cc(Cl)c(NC(=O)c3cn(C)c4ccccc34)cc2F)s1. The maximum absolute atomic E-state index is 15.5. The number of nitrogens with one attached hydrogen (secondary N) is 1. The molecule has 1 N–H and O–H groups in total. The van der Waals surface area contributed by atoms with E-state index in [1.165, 1.54) is 30.6 Å². The van der Waals surface area contributed by atoms with Crippen LogP contribution >= 0.6 is 22.9 Å². The Balaban J connectivity index is 1.20. The number of rotatable bonds is 8. The number of carbonyl (C=O) groups is 3. The van der Waals surface area contributed by atoms with E-state index in [0.29, 0.717) is 17.9 Å². The predicted octanol–water partition coefficient (Wildman–Crippen LogP) is 6.86. The van der Waals surface area contributed by atoms with Crippen LogP contribution in [-0.4, -0.2) is 45.4 Å². The van der Waals surface area contributed by atoms with Gasteiger partial charge in [0.1, 0.15) is 10.8 Å². The van der Waals surface area contributed by atoms with Crippen LogP contribution in [0.4, 0.5) is 10.1 Å². The van der Waals surface area contributed by atoms with Crippen LogP contribution in [0.25, 0.3) is 10.9 Å². The first kappa shape index (κ1) is 30.3. The third-order valence-corrected chi connectivity index (χ3v) is 10.4. The number of methoxy groups -OCH3 is 1. The van der Waals surface area contributed by atoms with E-state index in [1.807, 2.05) is 40.8 Å². The zero-order valence-corrected chi connectivity index (χ0v) is 26.2. The quantitative estimate of drug-likeness (QED) is 0.213. The summed E-state index contributed by atoms with van der Waals surface area (Å²) in [6.45, 7) is 0. The van der Waals surface area contributed by atoms with E-state index in [9.17, 15) is 14.4 Å². The van der Waals surface area contributed by atoms with Gasteiger partial charge in [0.2, 0.25) is 5.91 Å². The molecule has 2 fully saturated rings. The first-order chi connectivity index (χ1) is 21.2. The van der Waals surface area contributed by atoms with Gasteiger partial charge in [-0.05, 0) is 55.4 Å². The van der Waals surface area contributed by atoms with Crippen molar-refractivity contribution in [2.45, 2.75) is 63.5 Å². The molecule has 2 aromatic heterocycles. The predicted molar refractivity (Wildman–Crippen MR) is 168 cm³/mol. The summed E-state index contributed by atoms with van der Waals surface area (Å²) in [6.07, 6.45) is 9.13. The molecule has 6 rings (SSSR count). The van der Waals surface area contributed by atoms with Crippen LogP contribution in [0, 0.1) is 11.7 Å². The summed E-state index contributed by atoms with van der Waals surface area (Å²) in [6, 6.07) is 10.1. The average molecular weight is 637 g/mol. The second-order valence-corrected chi connectivity index (χ2v) is 13.2. The van der Waals surface area contributed by atoms with Gasteiger partial charge in [-0.3, -0.25) is 14.4 Å². The Morgan fingerprint density at radius 3 is 2.80 bits per heavy atom. The lowest BCUT2D eigenvalue weighted by atomic mass is 9.84. The molecule has 4 aromatic rings. The molecule has 0 spiro atoms. The fraction of sp³-hybridized carbons (Fsp3) is 0.394. The Labute approximate surface area is 264 Å². The zero-order chi connectivity index (χ0) is 31.0. The van der Waals surface area contributed by atoms with Gasteiger partial charge in [0.25, 0.3) is 5.91 Å². The summed E-state index contributed by atoms with van der Waals surface area (Å²) in [5.41, 5.74) is 1.68. The molecule has 11 heteroatoms. The summed E-state index contributed by atoms with van der Waals surface area (Å²) in [5.74, 6) is -1.07. The number of benzene rings is 2. The van der Waals surface area contributed by atoms with Gasteiger partial charge < -0.3 is 19.5 Å². The molecule has 1 saturated heterocycles. The number of nitrogens with zero attached hydrogens (tertiary/aromatic N) is 3. The van der Waals surface area contributed by atoms with E-state index in [2.05, 4.69) is 10.3 Å². The van der Waals surface area contributed by atoms with Gasteiger partial charge >= 0.3 is 5.97 Å². The molecule has 2 amide bonds. The molecule has 3 atom stereocenters. The lowest BCUT2D eigenvalue weighted by molar-refractivity contribution is -0.140. The van der Waals surface area contributed by atoms with E-state index in [1.54, 1.807) is 12.4 Å². The first-order valence-corrected chi connectivity index (χ1v) is 16.1. The number of halogens is 2. The Kier molecular flexibility index (Phi) is 8.73. The second-order valence-electron chi connectivity index (χ2n) is 11.6. The lowest BCUT2D eigenvalue weighted by Crippen LogP contribution is -2.41. The molecule has 230 valence electrons. The summed E-state index contributed by atoms with van der Waals surface area (Å²) < 4.78 is 22.1. The third kappa shape index (κ3) is 5.97. The molecule has 0 radical (unpaired) electrons. The minimum absolute atomic E-state index is 0.0847. The number of fused-ring (bicyclic) bond motifs is 2. The number of anilines is 1. The Morgan fingerprint density at radius 1 is 1.18 bits per heavy atom. The highest BCUT2D eigenvalue weighted by atomic mass is 35.5. The molecular weight excluding hydrogens is 603 g/mol. The smallest absolute Gasteiger partial charge is 0.305 e. The van der Waals surface area contributed by atoms with Crippen LogP contribution < -0.4 is 5.32 Å². The number of hydrogen-bond acceptors (Lipinski definition) is 6. The number of aryl methyl sites for hydroxylation is 2. The van der Waals surface area contributed by atoms with Gasteiger partial charge in [0.05, 0.1) is 42.3 Å². The van der Waals surface area contributed by atoms with Crippen molar-refractivity contribution < 1.29 is 23.5 Å². The van der Waals surface area contributed by atoms with E-state index >= 15 is 4.39 Å².